The Morgan fingerprint density at radius 2 is 2.33 bits per heavy atom. The third-order valence-electron chi connectivity index (χ3n) is 2.74. The maximum atomic E-state index is 10.7. The van der Waals surface area contributed by atoms with Crippen molar-refractivity contribution >= 4 is 29.2 Å². The molecule has 5 nitrogen and oxygen atoms in total. The Morgan fingerprint density at radius 1 is 1.56 bits per heavy atom. The lowest BCUT2D eigenvalue weighted by molar-refractivity contribution is -0.118. The number of nitrogens with two attached hydrogens (primary N) is 1. The molecule has 0 atom stereocenters. The Bertz CT molecular complexity index is 692. The van der Waals surface area contributed by atoms with Crippen molar-refractivity contribution in [2.75, 3.05) is 0 Å². The van der Waals surface area contributed by atoms with Gasteiger partial charge in [-0.2, -0.15) is 5.26 Å². The number of hydrogen-bond donors (Lipinski definition) is 2. The van der Waals surface area contributed by atoms with Gasteiger partial charge in [-0.05, 0) is 30.8 Å². The summed E-state index contributed by atoms with van der Waals surface area (Å²) >= 11 is 5.22. The third-order valence-corrected chi connectivity index (χ3v) is 3.06. The molecule has 2 aromatic rings. The van der Waals surface area contributed by atoms with Crippen LogP contribution in [-0.4, -0.2) is 15.5 Å². The van der Waals surface area contributed by atoms with Gasteiger partial charge in [0, 0.05) is 13.0 Å². The molecule has 0 spiro atoms. The average Bonchev–Trinajstić information content (AvgIpc) is 2.65. The van der Waals surface area contributed by atoms with Crippen LogP contribution in [0.15, 0.2) is 18.2 Å². The molecule has 3 N–H and O–H groups in total. The number of imidazole rings is 1. The lowest BCUT2D eigenvalue weighted by atomic mass is 10.2. The number of aromatic amines is 1. The first-order chi connectivity index (χ1) is 8.63. The van der Waals surface area contributed by atoms with Gasteiger partial charge in [-0.25, -0.2) is 0 Å². The van der Waals surface area contributed by atoms with E-state index in [4.69, 9.17) is 23.2 Å². The number of amides is 1. The number of aromatic nitrogens is 2. The van der Waals surface area contributed by atoms with Crippen LogP contribution in [0.25, 0.3) is 11.0 Å². The van der Waals surface area contributed by atoms with E-state index in [9.17, 15) is 4.79 Å². The van der Waals surface area contributed by atoms with Crippen molar-refractivity contribution in [3.63, 3.8) is 0 Å². The van der Waals surface area contributed by atoms with Crippen LogP contribution in [-0.2, 0) is 11.3 Å². The number of rotatable bonds is 4. The zero-order valence-electron chi connectivity index (χ0n) is 9.64. The largest absolute Gasteiger partial charge is 0.370 e. The molecule has 0 radical (unpaired) electrons. The zero-order chi connectivity index (χ0) is 13.1. The number of primary amides is 1. The highest BCUT2D eigenvalue weighted by atomic mass is 32.1. The fourth-order valence-corrected chi connectivity index (χ4v) is 2.20. The summed E-state index contributed by atoms with van der Waals surface area (Å²) in [6.07, 6.45) is 0.958. The van der Waals surface area contributed by atoms with Crippen LogP contribution >= 0.6 is 12.2 Å². The van der Waals surface area contributed by atoms with Crippen LogP contribution in [0.1, 0.15) is 18.4 Å². The van der Waals surface area contributed by atoms with Crippen molar-refractivity contribution in [3.05, 3.63) is 28.5 Å². The molecule has 0 fully saturated rings. The molecule has 18 heavy (non-hydrogen) atoms. The first-order valence-electron chi connectivity index (χ1n) is 5.53. The minimum absolute atomic E-state index is 0.320. The Balaban J connectivity index is 2.40. The molecule has 92 valence electrons. The average molecular weight is 260 g/mol. The second kappa shape index (κ2) is 5.02. The minimum Gasteiger partial charge on any atom is -0.370 e. The van der Waals surface area contributed by atoms with E-state index in [0.29, 0.717) is 29.7 Å². The standard InChI is InChI=1S/C12H12N4OS/c13-7-8-3-1-4-9-11(8)15-12(18)16(9)6-2-5-10(14)17/h1,3-4H,2,5-6H2,(H2,14,17)(H,15,18). The van der Waals surface area contributed by atoms with E-state index in [2.05, 4.69) is 11.1 Å². The maximum absolute atomic E-state index is 10.7. The van der Waals surface area contributed by atoms with Gasteiger partial charge in [-0.1, -0.05) is 6.07 Å². The molecule has 1 heterocycles. The van der Waals surface area contributed by atoms with E-state index in [1.807, 2.05) is 16.7 Å². The summed E-state index contributed by atoms with van der Waals surface area (Å²) < 4.78 is 2.44. The molecule has 0 aliphatic rings. The molecule has 1 aromatic carbocycles. The molecular formula is C12H12N4OS. The van der Waals surface area contributed by atoms with Crippen molar-refractivity contribution in [1.29, 1.82) is 5.26 Å². The molecular weight excluding hydrogens is 248 g/mol. The molecule has 0 unspecified atom stereocenters. The third kappa shape index (κ3) is 2.26. The van der Waals surface area contributed by atoms with Crippen LogP contribution in [0, 0.1) is 16.1 Å². The molecule has 1 amide bonds. The van der Waals surface area contributed by atoms with Gasteiger partial charge in [0.25, 0.3) is 0 Å². The number of nitrogens with one attached hydrogen (secondary N) is 1. The fourth-order valence-electron chi connectivity index (χ4n) is 1.91. The van der Waals surface area contributed by atoms with Crippen molar-refractivity contribution < 1.29 is 4.79 Å². The van der Waals surface area contributed by atoms with Gasteiger partial charge in [0.15, 0.2) is 4.77 Å². The Labute approximate surface area is 109 Å². The fraction of sp³-hybridized carbons (Fsp3) is 0.250. The summed E-state index contributed by atoms with van der Waals surface area (Å²) in [4.78, 5) is 13.7. The van der Waals surface area contributed by atoms with E-state index in [-0.39, 0.29) is 5.91 Å². The van der Waals surface area contributed by atoms with E-state index < -0.39 is 0 Å². The predicted octanol–water partition coefficient (Wildman–Crippen LogP) is 1.84. The van der Waals surface area contributed by atoms with Gasteiger partial charge < -0.3 is 15.3 Å². The zero-order valence-corrected chi connectivity index (χ0v) is 10.5. The van der Waals surface area contributed by atoms with Crippen molar-refractivity contribution in [2.45, 2.75) is 19.4 Å². The van der Waals surface area contributed by atoms with Gasteiger partial charge in [0.2, 0.25) is 5.91 Å². The second-order valence-corrected chi connectivity index (χ2v) is 4.35. The molecule has 0 bridgehead atoms. The number of nitriles is 1. The number of H-pyrrole nitrogens is 1. The molecule has 0 saturated carbocycles. The van der Waals surface area contributed by atoms with Gasteiger partial charge >= 0.3 is 0 Å². The van der Waals surface area contributed by atoms with E-state index in [1.54, 1.807) is 6.07 Å². The maximum Gasteiger partial charge on any atom is 0.217 e. The summed E-state index contributed by atoms with van der Waals surface area (Å²) in [7, 11) is 0. The summed E-state index contributed by atoms with van der Waals surface area (Å²) in [5.74, 6) is -0.320. The molecule has 0 saturated heterocycles. The predicted molar refractivity (Wildman–Crippen MR) is 70.3 cm³/mol. The molecule has 1 aromatic heterocycles. The van der Waals surface area contributed by atoms with Gasteiger partial charge in [0.1, 0.15) is 6.07 Å². The number of carbonyl (C=O) groups excluding carboxylic acids is 1. The first kappa shape index (κ1) is 12.3. The topological polar surface area (TPSA) is 87.6 Å². The summed E-state index contributed by atoms with van der Waals surface area (Å²) in [6.45, 7) is 0.608. The van der Waals surface area contributed by atoms with Crippen LogP contribution in [0.5, 0.6) is 0 Å². The Hall–Kier alpha value is -2.13. The summed E-state index contributed by atoms with van der Waals surface area (Å²) in [5, 5.41) is 9.01. The number of fused-ring (bicyclic) bond motifs is 1. The molecule has 0 aliphatic carbocycles. The highest BCUT2D eigenvalue weighted by Gasteiger charge is 2.08. The second-order valence-electron chi connectivity index (χ2n) is 3.96. The lowest BCUT2D eigenvalue weighted by Gasteiger charge is -2.03. The monoisotopic (exact) mass is 260 g/mol. The van der Waals surface area contributed by atoms with Gasteiger partial charge in [-0.15, -0.1) is 0 Å². The summed E-state index contributed by atoms with van der Waals surface area (Å²) in [5.41, 5.74) is 7.28. The highest BCUT2D eigenvalue weighted by Crippen LogP contribution is 2.18. The number of para-hydroxylation sites is 1. The SMILES string of the molecule is N#Cc1cccc2c1[nH]c(=S)n2CCCC(N)=O. The smallest absolute Gasteiger partial charge is 0.217 e. The number of benzene rings is 1. The van der Waals surface area contributed by atoms with Crippen molar-refractivity contribution in [2.24, 2.45) is 5.73 Å². The lowest BCUT2D eigenvalue weighted by Crippen LogP contribution is -2.11. The van der Waals surface area contributed by atoms with Crippen molar-refractivity contribution in [1.82, 2.24) is 9.55 Å². The van der Waals surface area contributed by atoms with Crippen LogP contribution in [0.3, 0.4) is 0 Å². The van der Waals surface area contributed by atoms with E-state index >= 15 is 0 Å². The number of hydrogen-bond acceptors (Lipinski definition) is 3. The summed E-state index contributed by atoms with van der Waals surface area (Å²) in [6, 6.07) is 7.57. The van der Waals surface area contributed by atoms with Gasteiger partial charge in [0.05, 0.1) is 16.6 Å². The molecule has 0 aliphatic heterocycles. The first-order valence-corrected chi connectivity index (χ1v) is 5.94. The van der Waals surface area contributed by atoms with Crippen LogP contribution in [0.2, 0.25) is 0 Å². The normalized spacial score (nSPS) is 10.4. The quantitative estimate of drug-likeness (QED) is 0.822. The van der Waals surface area contributed by atoms with Crippen molar-refractivity contribution in [3.8, 4) is 6.07 Å². The Kier molecular flexibility index (Phi) is 3.44. The number of nitrogens with zero attached hydrogens (tertiary/aromatic N) is 2. The minimum atomic E-state index is -0.320. The molecule has 2 rings (SSSR count). The molecule has 6 heteroatoms. The van der Waals surface area contributed by atoms with E-state index in [1.165, 1.54) is 0 Å². The van der Waals surface area contributed by atoms with Gasteiger partial charge in [-0.3, -0.25) is 4.79 Å². The number of aryl methyl sites for hydroxylation is 1. The van der Waals surface area contributed by atoms with E-state index in [0.717, 1.165) is 11.0 Å². The van der Waals surface area contributed by atoms with Crippen LogP contribution < -0.4 is 5.73 Å². The highest BCUT2D eigenvalue weighted by molar-refractivity contribution is 7.71. The Morgan fingerprint density at radius 3 is 3.00 bits per heavy atom. The number of carbonyl (C=O) groups is 1. The van der Waals surface area contributed by atoms with Crippen LogP contribution in [0.4, 0.5) is 0 Å².